The van der Waals surface area contributed by atoms with E-state index in [0.29, 0.717) is 6.42 Å². The van der Waals surface area contributed by atoms with E-state index >= 15 is 0 Å². The molecule has 6 heteroatoms. The van der Waals surface area contributed by atoms with Gasteiger partial charge in [-0.1, -0.05) is 6.92 Å². The molecular formula is C5H12O5S. The second-order valence-electron chi connectivity index (χ2n) is 2.02. The van der Waals surface area contributed by atoms with Crippen LogP contribution >= 0.6 is 0 Å². The number of aliphatic hydroxyl groups excluding tert-OH is 1. The quantitative estimate of drug-likeness (QED) is 0.467. The Morgan fingerprint density at radius 3 is 2.45 bits per heavy atom. The van der Waals surface area contributed by atoms with Gasteiger partial charge in [0, 0.05) is 0 Å². The summed E-state index contributed by atoms with van der Waals surface area (Å²) in [4.78, 5) is 3.95. The average molecular weight is 184 g/mol. The Bertz CT molecular complexity index is 185. The third-order valence-corrected chi connectivity index (χ3v) is 2.18. The molecule has 0 rings (SSSR count). The third kappa shape index (κ3) is 5.14. The fourth-order valence-corrected chi connectivity index (χ4v) is 1.45. The zero-order valence-corrected chi connectivity index (χ0v) is 7.30. The summed E-state index contributed by atoms with van der Waals surface area (Å²) in [7, 11) is -2.62. The minimum absolute atomic E-state index is 0.367. The maximum atomic E-state index is 10.7. The average Bonchev–Trinajstić information content (AvgIpc) is 1.86. The van der Waals surface area contributed by atoms with Crippen LogP contribution in [0, 0.1) is 0 Å². The summed E-state index contributed by atoms with van der Waals surface area (Å²) in [6.07, 6.45) is -0.526. The molecule has 0 aliphatic carbocycles. The van der Waals surface area contributed by atoms with Crippen molar-refractivity contribution in [2.24, 2.45) is 0 Å². The smallest absolute Gasteiger partial charge is 0.296 e. The summed E-state index contributed by atoms with van der Waals surface area (Å²) in [6, 6.07) is 0. The van der Waals surface area contributed by atoms with E-state index in [2.05, 4.69) is 9.22 Å². The van der Waals surface area contributed by atoms with E-state index in [0.717, 1.165) is 7.11 Å². The number of aliphatic hydroxyl groups is 1. The predicted molar refractivity (Wildman–Crippen MR) is 38.2 cm³/mol. The minimum Gasteiger partial charge on any atom is -0.392 e. The zero-order chi connectivity index (χ0) is 8.91. The van der Waals surface area contributed by atoms with Gasteiger partial charge in [-0.25, -0.2) is 4.89 Å². The molecule has 0 aliphatic rings. The molecule has 1 atom stereocenters. The van der Waals surface area contributed by atoms with Gasteiger partial charge in [0.05, 0.1) is 13.2 Å². The lowest BCUT2D eigenvalue weighted by molar-refractivity contribution is -0.172. The summed E-state index contributed by atoms with van der Waals surface area (Å²) in [6.45, 7) is 1.67. The summed E-state index contributed by atoms with van der Waals surface area (Å²) in [5.41, 5.74) is 0. The van der Waals surface area contributed by atoms with E-state index in [1.807, 2.05) is 0 Å². The monoisotopic (exact) mass is 184 g/mol. The highest BCUT2D eigenvalue weighted by molar-refractivity contribution is 7.86. The highest BCUT2D eigenvalue weighted by atomic mass is 32.2. The molecule has 0 saturated carbocycles. The Hall–Kier alpha value is -0.170. The molecule has 11 heavy (non-hydrogen) atoms. The van der Waals surface area contributed by atoms with Crippen LogP contribution in [0.2, 0.25) is 0 Å². The molecule has 0 heterocycles. The van der Waals surface area contributed by atoms with Crippen LogP contribution in [-0.4, -0.2) is 32.5 Å². The van der Waals surface area contributed by atoms with Gasteiger partial charge in [0.25, 0.3) is 10.1 Å². The van der Waals surface area contributed by atoms with Crippen LogP contribution in [0.1, 0.15) is 13.3 Å². The van der Waals surface area contributed by atoms with Crippen molar-refractivity contribution in [3.8, 4) is 0 Å². The van der Waals surface area contributed by atoms with Crippen molar-refractivity contribution in [2.45, 2.75) is 19.4 Å². The van der Waals surface area contributed by atoms with Gasteiger partial charge < -0.3 is 5.11 Å². The minimum atomic E-state index is -3.72. The second-order valence-corrected chi connectivity index (χ2v) is 3.61. The largest absolute Gasteiger partial charge is 0.392 e. The molecule has 68 valence electrons. The topological polar surface area (TPSA) is 72.8 Å². The van der Waals surface area contributed by atoms with Crippen LogP contribution < -0.4 is 0 Å². The maximum absolute atomic E-state index is 10.7. The lowest BCUT2D eigenvalue weighted by Gasteiger charge is -2.05. The summed E-state index contributed by atoms with van der Waals surface area (Å²) in [5.74, 6) is -0.433. The van der Waals surface area contributed by atoms with Crippen LogP contribution in [-0.2, 0) is 19.3 Å². The SMILES string of the molecule is CCC(O)CS(=O)(=O)OOC. The van der Waals surface area contributed by atoms with Gasteiger partial charge in [-0.2, -0.15) is 8.42 Å². The van der Waals surface area contributed by atoms with Crippen LogP contribution in [0.15, 0.2) is 0 Å². The van der Waals surface area contributed by atoms with E-state index in [-0.39, 0.29) is 0 Å². The summed E-state index contributed by atoms with van der Waals surface area (Å²) >= 11 is 0. The Morgan fingerprint density at radius 2 is 2.09 bits per heavy atom. The molecule has 0 saturated heterocycles. The predicted octanol–water partition coefficient (Wildman–Crippen LogP) is -0.335. The maximum Gasteiger partial charge on any atom is 0.296 e. The number of hydrogen-bond acceptors (Lipinski definition) is 5. The first kappa shape index (κ1) is 10.8. The molecule has 1 unspecified atom stereocenters. The van der Waals surface area contributed by atoms with Crippen molar-refractivity contribution >= 4 is 10.1 Å². The number of hydrogen-bond donors (Lipinski definition) is 1. The molecular weight excluding hydrogens is 172 g/mol. The number of rotatable bonds is 5. The normalized spacial score (nSPS) is 14.8. The van der Waals surface area contributed by atoms with Crippen LogP contribution in [0.3, 0.4) is 0 Å². The Balaban J connectivity index is 3.92. The molecule has 0 radical (unpaired) electrons. The second kappa shape index (κ2) is 4.66. The van der Waals surface area contributed by atoms with Gasteiger partial charge in [-0.05, 0) is 6.42 Å². The molecule has 0 aliphatic heterocycles. The van der Waals surface area contributed by atoms with Gasteiger partial charge in [0.15, 0.2) is 0 Å². The molecule has 0 aromatic carbocycles. The Labute approximate surface area is 66.0 Å². The molecule has 0 fully saturated rings. The molecule has 0 aromatic rings. The van der Waals surface area contributed by atoms with Crippen molar-refractivity contribution in [3.63, 3.8) is 0 Å². The lowest BCUT2D eigenvalue weighted by Crippen LogP contribution is -2.21. The Kier molecular flexibility index (Phi) is 4.58. The van der Waals surface area contributed by atoms with E-state index < -0.39 is 22.0 Å². The van der Waals surface area contributed by atoms with Gasteiger partial charge in [-0.3, -0.25) is 0 Å². The first-order valence-electron chi connectivity index (χ1n) is 3.15. The zero-order valence-electron chi connectivity index (χ0n) is 6.48. The highest BCUT2D eigenvalue weighted by Gasteiger charge is 2.16. The third-order valence-electron chi connectivity index (χ3n) is 1.04. The van der Waals surface area contributed by atoms with E-state index in [1.165, 1.54) is 0 Å². The van der Waals surface area contributed by atoms with E-state index in [9.17, 15) is 8.42 Å². The van der Waals surface area contributed by atoms with Gasteiger partial charge in [0.1, 0.15) is 5.75 Å². The van der Waals surface area contributed by atoms with Gasteiger partial charge in [0.2, 0.25) is 0 Å². The molecule has 1 N–H and O–H groups in total. The van der Waals surface area contributed by atoms with Crippen molar-refractivity contribution < 1.29 is 22.7 Å². The van der Waals surface area contributed by atoms with Crippen LogP contribution in [0.4, 0.5) is 0 Å². The Morgan fingerprint density at radius 1 is 1.55 bits per heavy atom. The van der Waals surface area contributed by atoms with Crippen molar-refractivity contribution in [1.29, 1.82) is 0 Å². The first-order valence-corrected chi connectivity index (χ1v) is 4.72. The first-order chi connectivity index (χ1) is 5.02. The van der Waals surface area contributed by atoms with Crippen molar-refractivity contribution in [3.05, 3.63) is 0 Å². The van der Waals surface area contributed by atoms with Gasteiger partial charge in [-0.15, -0.1) is 4.33 Å². The molecule has 0 bridgehead atoms. The van der Waals surface area contributed by atoms with Crippen LogP contribution in [0.25, 0.3) is 0 Å². The molecule has 0 spiro atoms. The van der Waals surface area contributed by atoms with E-state index in [4.69, 9.17) is 5.11 Å². The summed E-state index contributed by atoms with van der Waals surface area (Å²) < 4.78 is 25.3. The highest BCUT2D eigenvalue weighted by Crippen LogP contribution is 1.99. The fraction of sp³-hybridized carbons (Fsp3) is 1.00. The van der Waals surface area contributed by atoms with Crippen molar-refractivity contribution in [1.82, 2.24) is 0 Å². The molecule has 0 amide bonds. The molecule has 0 aromatic heterocycles. The lowest BCUT2D eigenvalue weighted by atomic mass is 10.3. The standard InChI is InChI=1S/C5H12O5S/c1-3-5(6)4-11(7,8)10-9-2/h5-6H,3-4H2,1-2H3. The van der Waals surface area contributed by atoms with E-state index in [1.54, 1.807) is 6.92 Å². The summed E-state index contributed by atoms with van der Waals surface area (Å²) in [5, 5.41) is 8.91. The fourth-order valence-electron chi connectivity index (χ4n) is 0.485. The molecule has 5 nitrogen and oxygen atoms in total. The van der Waals surface area contributed by atoms with Crippen LogP contribution in [0.5, 0.6) is 0 Å². The van der Waals surface area contributed by atoms with Gasteiger partial charge >= 0.3 is 0 Å². The van der Waals surface area contributed by atoms with Crippen molar-refractivity contribution in [2.75, 3.05) is 12.9 Å².